The van der Waals surface area contributed by atoms with Crippen LogP contribution in [0.25, 0.3) is 5.69 Å². The van der Waals surface area contributed by atoms with Crippen LogP contribution in [0.5, 0.6) is 11.6 Å². The molecule has 208 valence electrons. The van der Waals surface area contributed by atoms with Gasteiger partial charge >= 0.3 is 0 Å². The van der Waals surface area contributed by atoms with Crippen molar-refractivity contribution in [1.29, 1.82) is 0 Å². The van der Waals surface area contributed by atoms with E-state index in [2.05, 4.69) is 10.4 Å². The summed E-state index contributed by atoms with van der Waals surface area (Å²) in [6.07, 6.45) is 0.734. The Morgan fingerprint density at radius 2 is 1.87 bits per heavy atom. The molecule has 2 aromatic carbocycles. The van der Waals surface area contributed by atoms with Gasteiger partial charge in [0.2, 0.25) is 15.9 Å². The van der Waals surface area contributed by atoms with Gasteiger partial charge in [0.15, 0.2) is 5.69 Å². The third-order valence-corrected chi connectivity index (χ3v) is 8.26. The molecule has 0 bridgehead atoms. The number of nitrogens with zero attached hydrogens (tertiary/aromatic N) is 4. The predicted molar refractivity (Wildman–Crippen MR) is 143 cm³/mol. The number of aromatic nitrogens is 2. The lowest BCUT2D eigenvalue weighted by molar-refractivity contribution is -0.385. The van der Waals surface area contributed by atoms with Gasteiger partial charge in [0.05, 0.1) is 23.8 Å². The number of morpholine rings is 1. The molecule has 0 unspecified atom stereocenters. The third-order valence-electron chi connectivity index (χ3n) is 6.34. The number of nitrogens with one attached hydrogen (secondary N) is 1. The molecule has 1 fully saturated rings. The Balaban J connectivity index is 1.89. The van der Waals surface area contributed by atoms with Crippen LogP contribution in [0.15, 0.2) is 41.3 Å². The van der Waals surface area contributed by atoms with E-state index in [1.54, 1.807) is 6.92 Å². The standard InChI is InChI=1S/C26H31N5O7S/c1-5-10-27-25(32)24-19(4)26(30(28-24)21-15-17(2)6-7-18(21)3)38-22-9-8-20(31(33)34)16-23(22)39(35,36)29-11-13-37-14-12-29/h6-9,15-16H,5,10-14H2,1-4H3,(H,27,32). The molecule has 0 radical (unpaired) electrons. The quantitative estimate of drug-likeness (QED) is 0.310. The van der Waals surface area contributed by atoms with Crippen molar-refractivity contribution in [2.24, 2.45) is 0 Å². The summed E-state index contributed by atoms with van der Waals surface area (Å²) >= 11 is 0. The fourth-order valence-corrected chi connectivity index (χ4v) is 5.72. The van der Waals surface area contributed by atoms with Crippen LogP contribution in [0.2, 0.25) is 0 Å². The average molecular weight is 558 g/mol. The maximum absolute atomic E-state index is 13.6. The monoisotopic (exact) mass is 557 g/mol. The van der Waals surface area contributed by atoms with Gasteiger partial charge in [-0.3, -0.25) is 14.9 Å². The lowest BCUT2D eigenvalue weighted by Crippen LogP contribution is -2.40. The second-order valence-corrected chi connectivity index (χ2v) is 11.1. The molecule has 1 N–H and O–H groups in total. The molecule has 0 saturated carbocycles. The minimum Gasteiger partial charge on any atom is -0.437 e. The Labute approximate surface area is 226 Å². The van der Waals surface area contributed by atoms with E-state index in [4.69, 9.17) is 9.47 Å². The zero-order valence-corrected chi connectivity index (χ0v) is 23.1. The van der Waals surface area contributed by atoms with E-state index in [0.717, 1.165) is 23.6 Å². The van der Waals surface area contributed by atoms with Gasteiger partial charge in [0.1, 0.15) is 10.6 Å². The number of carbonyl (C=O) groups is 1. The normalized spacial score (nSPS) is 14.3. The van der Waals surface area contributed by atoms with Crippen molar-refractivity contribution in [3.63, 3.8) is 0 Å². The van der Waals surface area contributed by atoms with E-state index < -0.39 is 26.5 Å². The summed E-state index contributed by atoms with van der Waals surface area (Å²) in [4.78, 5) is 23.5. The van der Waals surface area contributed by atoms with Crippen molar-refractivity contribution in [3.8, 4) is 17.3 Å². The number of nitro groups is 1. The van der Waals surface area contributed by atoms with E-state index >= 15 is 0 Å². The second-order valence-electron chi connectivity index (χ2n) is 9.24. The number of nitro benzene ring substituents is 1. The highest BCUT2D eigenvalue weighted by Crippen LogP contribution is 2.37. The molecule has 1 aliphatic heterocycles. The molecule has 1 saturated heterocycles. The Kier molecular flexibility index (Phi) is 8.33. The lowest BCUT2D eigenvalue weighted by atomic mass is 10.1. The largest absolute Gasteiger partial charge is 0.437 e. The van der Waals surface area contributed by atoms with Gasteiger partial charge in [-0.25, -0.2) is 8.42 Å². The summed E-state index contributed by atoms with van der Waals surface area (Å²) in [5, 5.41) is 18.9. The molecule has 1 aliphatic rings. The number of hydrogen-bond acceptors (Lipinski definition) is 8. The first-order valence-electron chi connectivity index (χ1n) is 12.5. The number of ether oxygens (including phenoxy) is 2. The summed E-state index contributed by atoms with van der Waals surface area (Å²) in [6.45, 7) is 8.46. The molecule has 1 amide bonds. The molecule has 2 heterocycles. The molecule has 13 heteroatoms. The summed E-state index contributed by atoms with van der Waals surface area (Å²) < 4.78 is 41.4. The molecular weight excluding hydrogens is 526 g/mol. The van der Waals surface area contributed by atoms with Crippen LogP contribution in [-0.4, -0.2) is 66.2 Å². The molecular formula is C26H31N5O7S. The van der Waals surface area contributed by atoms with Crippen LogP contribution in [0, 0.1) is 30.9 Å². The molecule has 3 aromatic rings. The summed E-state index contributed by atoms with van der Waals surface area (Å²) in [5.74, 6) is -0.395. The molecule has 12 nitrogen and oxygen atoms in total. The van der Waals surface area contributed by atoms with Crippen LogP contribution in [0.1, 0.15) is 40.5 Å². The molecule has 0 spiro atoms. The SMILES string of the molecule is CCCNC(=O)c1nn(-c2cc(C)ccc2C)c(Oc2ccc([N+](=O)[O-])cc2S(=O)(=O)N2CCOCC2)c1C. The fraction of sp³-hybridized carbons (Fsp3) is 0.385. The minimum atomic E-state index is -4.18. The number of carbonyl (C=O) groups excluding carboxylic acids is 1. The molecule has 39 heavy (non-hydrogen) atoms. The van der Waals surface area contributed by atoms with E-state index in [1.807, 2.05) is 39.0 Å². The number of benzene rings is 2. The number of non-ortho nitro benzene ring substituents is 1. The fourth-order valence-electron chi connectivity index (χ4n) is 4.18. The first-order chi connectivity index (χ1) is 18.5. The van der Waals surface area contributed by atoms with Crippen LogP contribution < -0.4 is 10.1 Å². The van der Waals surface area contributed by atoms with Crippen LogP contribution >= 0.6 is 0 Å². The van der Waals surface area contributed by atoms with Gasteiger partial charge < -0.3 is 14.8 Å². The Morgan fingerprint density at radius 1 is 1.15 bits per heavy atom. The van der Waals surface area contributed by atoms with Gasteiger partial charge in [0.25, 0.3) is 11.6 Å². The highest BCUT2D eigenvalue weighted by molar-refractivity contribution is 7.89. The van der Waals surface area contributed by atoms with E-state index in [9.17, 15) is 23.3 Å². The number of rotatable bonds is 9. The van der Waals surface area contributed by atoms with Crippen LogP contribution in [0.3, 0.4) is 0 Å². The third kappa shape index (κ3) is 5.79. The van der Waals surface area contributed by atoms with Crippen molar-refractivity contribution < 1.29 is 27.6 Å². The second kappa shape index (κ2) is 11.5. The van der Waals surface area contributed by atoms with E-state index in [-0.39, 0.29) is 48.5 Å². The van der Waals surface area contributed by atoms with E-state index in [0.29, 0.717) is 17.8 Å². The summed E-state index contributed by atoms with van der Waals surface area (Å²) in [5.41, 5.74) is 2.54. The van der Waals surface area contributed by atoms with Gasteiger partial charge in [-0.2, -0.15) is 14.1 Å². The van der Waals surface area contributed by atoms with Crippen molar-refractivity contribution in [1.82, 2.24) is 19.4 Å². The molecule has 0 aliphatic carbocycles. The topological polar surface area (TPSA) is 146 Å². The van der Waals surface area contributed by atoms with Gasteiger partial charge in [-0.15, -0.1) is 0 Å². The van der Waals surface area contributed by atoms with E-state index in [1.165, 1.54) is 21.1 Å². The maximum atomic E-state index is 13.6. The number of hydrogen-bond donors (Lipinski definition) is 1. The summed E-state index contributed by atoms with van der Waals surface area (Å²) in [6, 6.07) is 9.14. The Hall–Kier alpha value is -3.81. The predicted octanol–water partition coefficient (Wildman–Crippen LogP) is 3.66. The van der Waals surface area contributed by atoms with Crippen molar-refractivity contribution >= 4 is 21.6 Å². The van der Waals surface area contributed by atoms with Gasteiger partial charge in [-0.1, -0.05) is 19.1 Å². The molecule has 4 rings (SSSR count). The Bertz CT molecular complexity index is 1510. The maximum Gasteiger partial charge on any atom is 0.272 e. The smallest absolute Gasteiger partial charge is 0.272 e. The summed E-state index contributed by atoms with van der Waals surface area (Å²) in [7, 11) is -4.18. The van der Waals surface area contributed by atoms with Crippen LogP contribution in [-0.2, 0) is 14.8 Å². The lowest BCUT2D eigenvalue weighted by Gasteiger charge is -2.26. The van der Waals surface area contributed by atoms with Gasteiger partial charge in [0, 0.05) is 37.3 Å². The number of sulfonamides is 1. The van der Waals surface area contributed by atoms with Gasteiger partial charge in [-0.05, 0) is 50.5 Å². The van der Waals surface area contributed by atoms with Crippen molar-refractivity contribution in [2.45, 2.75) is 39.0 Å². The number of aryl methyl sites for hydroxylation is 2. The molecule has 1 aromatic heterocycles. The van der Waals surface area contributed by atoms with Crippen molar-refractivity contribution in [3.05, 3.63) is 68.9 Å². The highest BCUT2D eigenvalue weighted by Gasteiger charge is 2.33. The first kappa shape index (κ1) is 28.2. The van der Waals surface area contributed by atoms with Crippen molar-refractivity contribution in [2.75, 3.05) is 32.8 Å². The average Bonchev–Trinajstić information content (AvgIpc) is 3.24. The highest BCUT2D eigenvalue weighted by atomic mass is 32.2. The minimum absolute atomic E-state index is 0.103. The number of amides is 1. The van der Waals surface area contributed by atoms with Crippen LogP contribution in [0.4, 0.5) is 5.69 Å². The zero-order valence-electron chi connectivity index (χ0n) is 22.3. The Morgan fingerprint density at radius 3 is 2.54 bits per heavy atom. The molecule has 0 atom stereocenters. The zero-order chi connectivity index (χ0) is 28.3. The first-order valence-corrected chi connectivity index (χ1v) is 14.0.